The number of imide groups is 1. The maximum absolute atomic E-state index is 13.1. The van der Waals surface area contributed by atoms with E-state index >= 15 is 0 Å². The highest BCUT2D eigenvalue weighted by molar-refractivity contribution is 9.10. The van der Waals surface area contributed by atoms with E-state index < -0.39 is 18.5 Å². The molecule has 0 unspecified atom stereocenters. The molecule has 7 nitrogen and oxygen atoms in total. The standard InChI is InChI=1S/C27H25BrN2O5/c1-13-10-17-11-19(13)24-23(17)25(32)30(26(24)33)18-6-4-16(5-7-18)27(34)35-12-22(31)29-21-9-8-20(28)14(2)15(21)3/h4-10,17,19,23-24H,11-12H2,1-3H3,(H,29,31)/t17-,19+,23-,24+/m0/s1. The van der Waals surface area contributed by atoms with Crippen LogP contribution in [-0.4, -0.2) is 30.3 Å². The summed E-state index contributed by atoms with van der Waals surface area (Å²) in [4.78, 5) is 52.1. The zero-order chi connectivity index (χ0) is 25.0. The van der Waals surface area contributed by atoms with Crippen molar-refractivity contribution in [3.63, 3.8) is 0 Å². The van der Waals surface area contributed by atoms with E-state index in [0.717, 1.165) is 22.0 Å². The van der Waals surface area contributed by atoms with Gasteiger partial charge in [-0.2, -0.15) is 0 Å². The molecule has 4 atom stereocenters. The van der Waals surface area contributed by atoms with Crippen molar-refractivity contribution in [3.05, 3.63) is 69.2 Å². The minimum atomic E-state index is -0.663. The number of carbonyl (C=O) groups excluding carboxylic acids is 4. The molecule has 1 heterocycles. The highest BCUT2D eigenvalue weighted by Gasteiger charge is 2.60. The number of esters is 1. The first-order chi connectivity index (χ1) is 16.7. The monoisotopic (exact) mass is 536 g/mol. The zero-order valence-corrected chi connectivity index (χ0v) is 21.2. The van der Waals surface area contributed by atoms with Crippen LogP contribution in [0.15, 0.2) is 52.5 Å². The summed E-state index contributed by atoms with van der Waals surface area (Å²) >= 11 is 3.45. The molecule has 1 N–H and O–H groups in total. The molecule has 3 aliphatic rings. The van der Waals surface area contributed by atoms with Crippen molar-refractivity contribution in [2.45, 2.75) is 27.2 Å². The number of nitrogens with one attached hydrogen (secondary N) is 1. The fourth-order valence-corrected chi connectivity index (χ4v) is 6.03. The topological polar surface area (TPSA) is 92.8 Å². The Morgan fingerprint density at radius 1 is 1.00 bits per heavy atom. The lowest BCUT2D eigenvalue weighted by Crippen LogP contribution is -2.33. The van der Waals surface area contributed by atoms with Gasteiger partial charge in [0.2, 0.25) is 11.8 Å². The number of benzene rings is 2. The maximum Gasteiger partial charge on any atom is 0.338 e. The molecule has 1 aliphatic heterocycles. The van der Waals surface area contributed by atoms with E-state index in [1.807, 2.05) is 26.8 Å². The van der Waals surface area contributed by atoms with Gasteiger partial charge < -0.3 is 10.1 Å². The summed E-state index contributed by atoms with van der Waals surface area (Å²) in [6, 6.07) is 9.78. The summed E-state index contributed by atoms with van der Waals surface area (Å²) in [5, 5.41) is 2.75. The highest BCUT2D eigenvalue weighted by atomic mass is 79.9. The van der Waals surface area contributed by atoms with Gasteiger partial charge >= 0.3 is 5.97 Å². The number of amides is 3. The Morgan fingerprint density at radius 3 is 2.40 bits per heavy atom. The largest absolute Gasteiger partial charge is 0.452 e. The highest BCUT2D eigenvalue weighted by Crippen LogP contribution is 2.55. The SMILES string of the molecule is CC1=C[C@H]2C[C@H]1[C@H]1C(=O)N(c3ccc(C(=O)OCC(=O)Nc4ccc(Br)c(C)c4C)cc3)C(=O)[C@H]12. The van der Waals surface area contributed by atoms with Gasteiger partial charge in [-0.3, -0.25) is 19.3 Å². The molecule has 0 aromatic heterocycles. The van der Waals surface area contributed by atoms with E-state index in [2.05, 4.69) is 27.3 Å². The molecule has 2 bridgehead atoms. The molecule has 2 aliphatic carbocycles. The minimum Gasteiger partial charge on any atom is -0.452 e. The molecule has 35 heavy (non-hydrogen) atoms. The predicted molar refractivity (Wildman–Crippen MR) is 134 cm³/mol. The van der Waals surface area contributed by atoms with Gasteiger partial charge in [-0.05, 0) is 86.6 Å². The second kappa shape index (κ2) is 8.75. The van der Waals surface area contributed by atoms with E-state index in [1.165, 1.54) is 22.6 Å². The average Bonchev–Trinajstić information content (AvgIpc) is 3.48. The van der Waals surface area contributed by atoms with Crippen molar-refractivity contribution >= 4 is 51.0 Å². The van der Waals surface area contributed by atoms with Gasteiger partial charge in [-0.25, -0.2) is 4.79 Å². The summed E-state index contributed by atoms with van der Waals surface area (Å²) in [5.41, 5.74) is 4.46. The lowest BCUT2D eigenvalue weighted by Gasteiger charge is -2.19. The van der Waals surface area contributed by atoms with Crippen LogP contribution in [0.5, 0.6) is 0 Å². The second-order valence-corrected chi connectivity index (χ2v) is 10.4. The Hall–Kier alpha value is -3.26. The maximum atomic E-state index is 13.1. The number of anilines is 2. The third-order valence-corrected chi connectivity index (χ3v) is 8.43. The number of halogens is 1. The van der Waals surface area contributed by atoms with Crippen LogP contribution < -0.4 is 10.2 Å². The molecular weight excluding hydrogens is 512 g/mol. The van der Waals surface area contributed by atoms with Gasteiger partial charge in [0.25, 0.3) is 5.91 Å². The Labute approximate surface area is 211 Å². The Balaban J connectivity index is 1.21. The number of ether oxygens (including phenoxy) is 1. The van der Waals surface area contributed by atoms with E-state index in [0.29, 0.717) is 11.4 Å². The number of carbonyl (C=O) groups is 4. The first-order valence-corrected chi connectivity index (χ1v) is 12.4. The predicted octanol–water partition coefficient (Wildman–Crippen LogP) is 4.56. The van der Waals surface area contributed by atoms with Gasteiger partial charge in [0.1, 0.15) is 0 Å². The van der Waals surface area contributed by atoms with E-state index in [-0.39, 0.29) is 41.0 Å². The molecule has 3 amide bonds. The van der Waals surface area contributed by atoms with Crippen LogP contribution >= 0.6 is 15.9 Å². The molecule has 0 radical (unpaired) electrons. The molecule has 8 heteroatoms. The summed E-state index contributed by atoms with van der Waals surface area (Å²) in [6.07, 6.45) is 3.01. The number of nitrogens with zero attached hydrogens (tertiary/aromatic N) is 1. The molecule has 180 valence electrons. The van der Waals surface area contributed by atoms with Crippen molar-refractivity contribution in [1.82, 2.24) is 0 Å². The third-order valence-electron chi connectivity index (χ3n) is 7.57. The Kier molecular flexibility index (Phi) is 5.87. The van der Waals surface area contributed by atoms with Crippen molar-refractivity contribution in [2.24, 2.45) is 23.7 Å². The van der Waals surface area contributed by atoms with Gasteiger partial charge in [-0.15, -0.1) is 0 Å². The zero-order valence-electron chi connectivity index (χ0n) is 19.6. The Bertz CT molecular complexity index is 1300. The van der Waals surface area contributed by atoms with Crippen molar-refractivity contribution < 1.29 is 23.9 Å². The fourth-order valence-electron chi connectivity index (χ4n) is 5.60. The molecule has 0 spiro atoms. The average molecular weight is 537 g/mol. The lowest BCUT2D eigenvalue weighted by molar-refractivity contribution is -0.123. The molecule has 1 saturated heterocycles. The van der Waals surface area contributed by atoms with Crippen LogP contribution in [0.3, 0.4) is 0 Å². The van der Waals surface area contributed by atoms with E-state index in [4.69, 9.17) is 4.74 Å². The fraction of sp³-hybridized carbons (Fsp3) is 0.333. The van der Waals surface area contributed by atoms with E-state index in [1.54, 1.807) is 18.2 Å². The van der Waals surface area contributed by atoms with Gasteiger partial charge in [0.15, 0.2) is 6.61 Å². The molecule has 2 fully saturated rings. The van der Waals surface area contributed by atoms with Crippen LogP contribution in [0.4, 0.5) is 11.4 Å². The van der Waals surface area contributed by atoms with Crippen LogP contribution in [0, 0.1) is 37.5 Å². The second-order valence-electron chi connectivity index (χ2n) is 9.50. The first-order valence-electron chi connectivity index (χ1n) is 11.6. The van der Waals surface area contributed by atoms with Crippen molar-refractivity contribution in [3.8, 4) is 0 Å². The molecule has 5 rings (SSSR count). The van der Waals surface area contributed by atoms with Gasteiger partial charge in [0.05, 0.1) is 23.1 Å². The van der Waals surface area contributed by atoms with Gasteiger partial charge in [0, 0.05) is 10.2 Å². The quantitative estimate of drug-likeness (QED) is 0.343. The van der Waals surface area contributed by atoms with Crippen molar-refractivity contribution in [2.75, 3.05) is 16.8 Å². The van der Waals surface area contributed by atoms with Crippen LogP contribution in [0.1, 0.15) is 34.8 Å². The number of allylic oxidation sites excluding steroid dienone is 2. The van der Waals surface area contributed by atoms with Gasteiger partial charge in [-0.1, -0.05) is 27.6 Å². The van der Waals surface area contributed by atoms with Crippen LogP contribution in [-0.2, 0) is 19.1 Å². The number of fused-ring (bicyclic) bond motifs is 5. The lowest BCUT2D eigenvalue weighted by atomic mass is 9.82. The van der Waals surface area contributed by atoms with Crippen molar-refractivity contribution in [1.29, 1.82) is 0 Å². The third kappa shape index (κ3) is 3.89. The van der Waals surface area contributed by atoms with E-state index in [9.17, 15) is 19.2 Å². The molecular formula is C27H25BrN2O5. The summed E-state index contributed by atoms with van der Waals surface area (Å²) in [5.74, 6) is -1.71. The number of hydrogen-bond donors (Lipinski definition) is 1. The first kappa shape index (κ1) is 23.5. The number of hydrogen-bond acceptors (Lipinski definition) is 5. The van der Waals surface area contributed by atoms with Crippen LogP contribution in [0.2, 0.25) is 0 Å². The molecule has 2 aromatic carbocycles. The normalized spacial score (nSPS) is 24.5. The van der Waals surface area contributed by atoms with Crippen LogP contribution in [0.25, 0.3) is 0 Å². The summed E-state index contributed by atoms with van der Waals surface area (Å²) < 4.78 is 6.10. The minimum absolute atomic E-state index is 0.136. The number of rotatable bonds is 5. The molecule has 1 saturated carbocycles. The molecule has 2 aromatic rings. The Morgan fingerprint density at radius 2 is 1.69 bits per heavy atom. The summed E-state index contributed by atoms with van der Waals surface area (Å²) in [7, 11) is 0. The summed E-state index contributed by atoms with van der Waals surface area (Å²) in [6.45, 7) is 5.44. The smallest absolute Gasteiger partial charge is 0.338 e.